The van der Waals surface area contributed by atoms with Gasteiger partial charge in [0.25, 0.3) is 0 Å². The number of anilines is 2. The van der Waals surface area contributed by atoms with Crippen LogP contribution in [0, 0.1) is 0 Å². The van der Waals surface area contributed by atoms with Crippen molar-refractivity contribution >= 4 is 11.6 Å². The summed E-state index contributed by atoms with van der Waals surface area (Å²) in [5, 5.41) is 32.7. The van der Waals surface area contributed by atoms with E-state index >= 15 is 0 Å². The maximum Gasteiger partial charge on any atom is 0.416 e. The number of pyridine rings is 1. The minimum Gasteiger partial charge on any atom is -0.394 e. The number of rotatable bonds is 7. The average Bonchev–Trinajstić information content (AvgIpc) is 2.44. The van der Waals surface area contributed by atoms with Crippen molar-refractivity contribution in [3.63, 3.8) is 0 Å². The minimum atomic E-state index is -4.57. The molecule has 0 spiro atoms. The number of nitrogens with one attached hydrogen (secondary N) is 2. The molecule has 0 saturated carbocycles. The Balaban J connectivity index is 3.19. The zero-order valence-electron chi connectivity index (χ0n) is 11.4. The van der Waals surface area contributed by atoms with Crippen LogP contribution in [-0.4, -0.2) is 52.2 Å². The second-order valence-corrected chi connectivity index (χ2v) is 4.53. The van der Waals surface area contributed by atoms with Crippen LogP contribution in [0.5, 0.6) is 0 Å². The molecule has 9 heteroatoms. The molecule has 0 saturated heterocycles. The SMILES string of the molecule is CCNc1cc(C(F)(F)F)cc(NC(CO)(CO)CO)n1. The molecule has 1 heterocycles. The number of hydrogen-bond acceptors (Lipinski definition) is 6. The number of aliphatic hydroxyl groups excluding tert-OH is 3. The molecule has 6 nitrogen and oxygen atoms in total. The van der Waals surface area contributed by atoms with Crippen molar-refractivity contribution in [2.24, 2.45) is 0 Å². The molecule has 1 aromatic heterocycles. The Bertz CT molecular complexity index is 457. The number of hydrogen-bond donors (Lipinski definition) is 5. The summed E-state index contributed by atoms with van der Waals surface area (Å²) in [5.74, 6) is -0.213. The number of alkyl halides is 3. The molecule has 0 unspecified atom stereocenters. The van der Waals surface area contributed by atoms with Crippen LogP contribution in [0.25, 0.3) is 0 Å². The Morgan fingerprint density at radius 2 is 1.57 bits per heavy atom. The summed E-state index contributed by atoms with van der Waals surface area (Å²) in [6, 6.07) is 1.60. The van der Waals surface area contributed by atoms with Gasteiger partial charge in [-0.2, -0.15) is 13.2 Å². The predicted octanol–water partition coefficient (Wildman–Crippen LogP) is 0.660. The third-order valence-corrected chi connectivity index (χ3v) is 2.81. The Hall–Kier alpha value is -1.58. The van der Waals surface area contributed by atoms with E-state index < -0.39 is 37.1 Å². The largest absolute Gasteiger partial charge is 0.416 e. The Morgan fingerprint density at radius 3 is 2.00 bits per heavy atom. The molecule has 0 bridgehead atoms. The number of aromatic nitrogens is 1. The second kappa shape index (κ2) is 6.92. The molecule has 0 aliphatic carbocycles. The predicted molar refractivity (Wildman–Crippen MR) is 71.0 cm³/mol. The van der Waals surface area contributed by atoms with E-state index in [1.807, 2.05) is 0 Å². The molecule has 0 fully saturated rings. The van der Waals surface area contributed by atoms with Crippen LogP contribution in [0.15, 0.2) is 12.1 Å². The highest BCUT2D eigenvalue weighted by Gasteiger charge is 2.33. The maximum atomic E-state index is 12.8. The van der Waals surface area contributed by atoms with Crippen LogP contribution >= 0.6 is 0 Å². The molecule has 5 N–H and O–H groups in total. The van der Waals surface area contributed by atoms with Crippen molar-refractivity contribution in [2.75, 3.05) is 37.0 Å². The first-order valence-electron chi connectivity index (χ1n) is 6.24. The topological polar surface area (TPSA) is 97.6 Å². The van der Waals surface area contributed by atoms with Crippen molar-refractivity contribution in [3.05, 3.63) is 17.7 Å². The average molecular weight is 309 g/mol. The summed E-state index contributed by atoms with van der Waals surface area (Å²) in [5.41, 5.74) is -2.49. The fourth-order valence-electron chi connectivity index (χ4n) is 1.57. The lowest BCUT2D eigenvalue weighted by Crippen LogP contribution is -2.49. The first-order valence-corrected chi connectivity index (χ1v) is 6.24. The van der Waals surface area contributed by atoms with E-state index in [2.05, 4.69) is 15.6 Å². The molecule has 0 aromatic carbocycles. The normalized spacial score (nSPS) is 12.3. The van der Waals surface area contributed by atoms with Crippen molar-refractivity contribution in [1.29, 1.82) is 0 Å². The fourth-order valence-corrected chi connectivity index (χ4v) is 1.57. The van der Waals surface area contributed by atoms with Gasteiger partial charge in [-0.3, -0.25) is 0 Å². The third-order valence-electron chi connectivity index (χ3n) is 2.81. The van der Waals surface area contributed by atoms with Crippen LogP contribution in [0.2, 0.25) is 0 Å². The Kier molecular flexibility index (Phi) is 5.76. The molecule has 0 aliphatic rings. The molecule has 1 aromatic rings. The molecule has 21 heavy (non-hydrogen) atoms. The van der Waals surface area contributed by atoms with E-state index in [9.17, 15) is 28.5 Å². The zero-order valence-corrected chi connectivity index (χ0v) is 11.4. The molecule has 0 radical (unpaired) electrons. The summed E-state index contributed by atoms with van der Waals surface area (Å²) in [4.78, 5) is 3.91. The van der Waals surface area contributed by atoms with Gasteiger partial charge in [0, 0.05) is 6.54 Å². The van der Waals surface area contributed by atoms with E-state index in [4.69, 9.17) is 0 Å². The van der Waals surface area contributed by atoms with Crippen molar-refractivity contribution in [1.82, 2.24) is 4.98 Å². The molecule has 120 valence electrons. The third kappa shape index (κ3) is 4.45. The van der Waals surface area contributed by atoms with Gasteiger partial charge in [-0.1, -0.05) is 0 Å². The Morgan fingerprint density at radius 1 is 1.05 bits per heavy atom. The summed E-state index contributed by atoms with van der Waals surface area (Å²) < 4.78 is 38.5. The highest BCUT2D eigenvalue weighted by atomic mass is 19.4. The van der Waals surface area contributed by atoms with Crippen molar-refractivity contribution < 1.29 is 28.5 Å². The maximum absolute atomic E-state index is 12.8. The lowest BCUT2D eigenvalue weighted by Gasteiger charge is -2.29. The molecule has 0 atom stereocenters. The van der Waals surface area contributed by atoms with Gasteiger partial charge in [-0.25, -0.2) is 4.98 Å². The van der Waals surface area contributed by atoms with Crippen molar-refractivity contribution in [2.45, 2.75) is 18.6 Å². The number of nitrogens with zero attached hydrogens (tertiary/aromatic N) is 1. The lowest BCUT2D eigenvalue weighted by atomic mass is 10.0. The summed E-state index contributed by atoms with van der Waals surface area (Å²) in [6.45, 7) is 0.0603. The quantitative estimate of drug-likeness (QED) is 0.508. The second-order valence-electron chi connectivity index (χ2n) is 4.53. The summed E-state index contributed by atoms with van der Waals surface area (Å²) >= 11 is 0. The molecule has 0 amide bonds. The first kappa shape index (κ1) is 17.5. The van der Waals surface area contributed by atoms with E-state index in [0.29, 0.717) is 6.54 Å². The van der Waals surface area contributed by atoms with Gasteiger partial charge in [-0.05, 0) is 19.1 Å². The van der Waals surface area contributed by atoms with Crippen LogP contribution in [0.1, 0.15) is 12.5 Å². The smallest absolute Gasteiger partial charge is 0.394 e. The van der Waals surface area contributed by atoms with Crippen molar-refractivity contribution in [3.8, 4) is 0 Å². The highest BCUT2D eigenvalue weighted by molar-refractivity contribution is 5.51. The summed E-state index contributed by atoms with van der Waals surface area (Å²) in [7, 11) is 0. The van der Waals surface area contributed by atoms with Gasteiger partial charge in [0.15, 0.2) is 0 Å². The summed E-state index contributed by atoms with van der Waals surface area (Å²) in [6.07, 6.45) is -4.57. The van der Waals surface area contributed by atoms with E-state index in [-0.39, 0.29) is 11.6 Å². The standard InChI is InChI=1S/C12H18F3N3O3/c1-2-16-9-3-8(12(13,14)15)4-10(17-9)18-11(5-19,6-20)7-21/h3-4,19-21H,2,5-7H2,1H3,(H2,16,17,18). The van der Waals surface area contributed by atoms with Crippen LogP contribution < -0.4 is 10.6 Å². The molecular formula is C12H18F3N3O3. The van der Waals surface area contributed by atoms with E-state index in [0.717, 1.165) is 12.1 Å². The molecule has 0 aliphatic heterocycles. The monoisotopic (exact) mass is 309 g/mol. The van der Waals surface area contributed by atoms with Crippen LogP contribution in [0.4, 0.5) is 24.8 Å². The minimum absolute atomic E-state index is 0.00227. The zero-order chi connectivity index (χ0) is 16.1. The number of aliphatic hydroxyl groups is 3. The van der Waals surface area contributed by atoms with Gasteiger partial charge in [0.2, 0.25) is 0 Å². The van der Waals surface area contributed by atoms with Gasteiger partial charge in [0.1, 0.15) is 17.2 Å². The van der Waals surface area contributed by atoms with Crippen LogP contribution in [-0.2, 0) is 6.18 Å². The van der Waals surface area contributed by atoms with Gasteiger partial charge in [-0.15, -0.1) is 0 Å². The number of halogens is 3. The van der Waals surface area contributed by atoms with E-state index in [1.54, 1.807) is 6.92 Å². The van der Waals surface area contributed by atoms with E-state index in [1.165, 1.54) is 0 Å². The molecule has 1 rings (SSSR count). The molecular weight excluding hydrogens is 291 g/mol. The lowest BCUT2D eigenvalue weighted by molar-refractivity contribution is -0.137. The Labute approximate surface area is 119 Å². The van der Waals surface area contributed by atoms with Crippen LogP contribution in [0.3, 0.4) is 0 Å². The first-order chi connectivity index (χ1) is 9.80. The van der Waals surface area contributed by atoms with Gasteiger partial charge in [0.05, 0.1) is 25.4 Å². The fraction of sp³-hybridized carbons (Fsp3) is 0.583. The van der Waals surface area contributed by atoms with Gasteiger partial charge >= 0.3 is 6.18 Å². The highest BCUT2D eigenvalue weighted by Crippen LogP contribution is 2.32. The van der Waals surface area contributed by atoms with Gasteiger partial charge < -0.3 is 26.0 Å².